The summed E-state index contributed by atoms with van der Waals surface area (Å²) in [6, 6.07) is 22.5. The number of hydrogen-bond acceptors (Lipinski definition) is 4. The summed E-state index contributed by atoms with van der Waals surface area (Å²) in [5.41, 5.74) is 3.96. The van der Waals surface area contributed by atoms with Crippen LogP contribution >= 0.6 is 23.4 Å². The van der Waals surface area contributed by atoms with Crippen molar-refractivity contribution in [2.75, 3.05) is 35.0 Å². The molecule has 0 aromatic heterocycles. The third kappa shape index (κ3) is 4.55. The number of amides is 2. The third-order valence-electron chi connectivity index (χ3n) is 5.06. The molecule has 1 fully saturated rings. The topological polar surface area (TPSA) is 52.6 Å². The molecule has 3 aromatic carbocycles. The van der Waals surface area contributed by atoms with E-state index in [2.05, 4.69) is 5.32 Å². The molecule has 2 amide bonds. The lowest BCUT2D eigenvalue weighted by atomic mass is 10.1. The molecule has 0 aliphatic carbocycles. The summed E-state index contributed by atoms with van der Waals surface area (Å²) in [6.45, 7) is 0. The van der Waals surface area contributed by atoms with Gasteiger partial charge in [-0.2, -0.15) is 0 Å². The molecule has 7 heteroatoms. The SMILES string of the molecule is CN(C)c1ccc(N2C(=O)CS[C@@H]2c2cccc(NC(=O)c3ccccc3Cl)c2)cc1. The van der Waals surface area contributed by atoms with E-state index in [-0.39, 0.29) is 17.2 Å². The minimum absolute atomic E-state index is 0.0677. The molecule has 3 aromatic rings. The third-order valence-corrected chi connectivity index (χ3v) is 6.60. The van der Waals surface area contributed by atoms with Crippen LogP contribution in [0.1, 0.15) is 21.3 Å². The lowest BCUT2D eigenvalue weighted by Crippen LogP contribution is -2.27. The summed E-state index contributed by atoms with van der Waals surface area (Å²) in [5.74, 6) is 0.211. The molecule has 5 nitrogen and oxygen atoms in total. The highest BCUT2D eigenvalue weighted by Gasteiger charge is 2.34. The monoisotopic (exact) mass is 451 g/mol. The van der Waals surface area contributed by atoms with Gasteiger partial charge in [-0.1, -0.05) is 35.9 Å². The van der Waals surface area contributed by atoms with Crippen molar-refractivity contribution in [2.24, 2.45) is 0 Å². The van der Waals surface area contributed by atoms with Crippen molar-refractivity contribution >= 4 is 52.2 Å². The number of halogens is 1. The largest absolute Gasteiger partial charge is 0.378 e. The number of rotatable bonds is 5. The molecule has 0 radical (unpaired) electrons. The number of nitrogens with one attached hydrogen (secondary N) is 1. The number of benzene rings is 3. The van der Waals surface area contributed by atoms with Gasteiger partial charge in [0.1, 0.15) is 5.37 Å². The maximum Gasteiger partial charge on any atom is 0.257 e. The molecule has 0 bridgehead atoms. The van der Waals surface area contributed by atoms with Gasteiger partial charge in [0.15, 0.2) is 0 Å². The van der Waals surface area contributed by atoms with Crippen LogP contribution < -0.4 is 15.1 Å². The molecule has 1 saturated heterocycles. The zero-order valence-corrected chi connectivity index (χ0v) is 18.8. The smallest absolute Gasteiger partial charge is 0.257 e. The molecule has 1 atom stereocenters. The number of carbonyl (C=O) groups excluding carboxylic acids is 2. The molecule has 4 rings (SSSR count). The van der Waals surface area contributed by atoms with Gasteiger partial charge in [-0.15, -0.1) is 11.8 Å². The molecule has 1 N–H and O–H groups in total. The molecule has 1 heterocycles. The first-order valence-corrected chi connectivity index (χ1v) is 11.2. The second-order valence-corrected chi connectivity index (χ2v) is 8.87. The highest BCUT2D eigenvalue weighted by molar-refractivity contribution is 8.00. The van der Waals surface area contributed by atoms with E-state index in [1.807, 2.05) is 72.4 Å². The second kappa shape index (κ2) is 9.04. The first-order valence-electron chi connectivity index (χ1n) is 9.81. The molecule has 0 spiro atoms. The summed E-state index contributed by atoms with van der Waals surface area (Å²) in [6.07, 6.45) is 0. The number of hydrogen-bond donors (Lipinski definition) is 1. The zero-order valence-electron chi connectivity index (χ0n) is 17.2. The highest BCUT2D eigenvalue weighted by atomic mass is 35.5. The average molecular weight is 452 g/mol. The molecular formula is C24H22ClN3O2S. The van der Waals surface area contributed by atoms with Gasteiger partial charge in [0, 0.05) is 31.2 Å². The minimum atomic E-state index is -0.269. The van der Waals surface area contributed by atoms with E-state index < -0.39 is 0 Å². The van der Waals surface area contributed by atoms with Crippen molar-refractivity contribution in [3.05, 3.63) is 88.9 Å². The summed E-state index contributed by atoms with van der Waals surface area (Å²) in [4.78, 5) is 29.1. The Morgan fingerprint density at radius 3 is 2.52 bits per heavy atom. The molecule has 0 saturated carbocycles. The second-order valence-electron chi connectivity index (χ2n) is 7.40. The van der Waals surface area contributed by atoms with Crippen molar-refractivity contribution in [2.45, 2.75) is 5.37 Å². The number of thioether (sulfide) groups is 1. The highest BCUT2D eigenvalue weighted by Crippen LogP contribution is 2.42. The van der Waals surface area contributed by atoms with Crippen LogP contribution in [0.3, 0.4) is 0 Å². The number of nitrogens with zero attached hydrogens (tertiary/aromatic N) is 2. The Balaban J connectivity index is 1.58. The Bertz CT molecular complexity index is 1120. The molecule has 1 aliphatic rings. The first-order chi connectivity index (χ1) is 14.9. The van der Waals surface area contributed by atoms with Gasteiger partial charge in [0.05, 0.1) is 16.3 Å². The predicted octanol–water partition coefficient (Wildman–Crippen LogP) is 5.44. The number of anilines is 3. The summed E-state index contributed by atoms with van der Waals surface area (Å²) in [5, 5.41) is 3.15. The lowest BCUT2D eigenvalue weighted by Gasteiger charge is -2.25. The summed E-state index contributed by atoms with van der Waals surface area (Å²) in [7, 11) is 3.97. The average Bonchev–Trinajstić information content (AvgIpc) is 3.15. The van der Waals surface area contributed by atoms with Gasteiger partial charge in [0.2, 0.25) is 5.91 Å². The Hall–Kier alpha value is -2.96. The van der Waals surface area contributed by atoms with Gasteiger partial charge >= 0.3 is 0 Å². The van der Waals surface area contributed by atoms with Crippen LogP contribution in [0.15, 0.2) is 72.8 Å². The van der Waals surface area contributed by atoms with E-state index in [4.69, 9.17) is 11.6 Å². The Kier molecular flexibility index (Phi) is 6.20. The maximum atomic E-state index is 12.7. The van der Waals surface area contributed by atoms with Crippen LogP contribution in [0.5, 0.6) is 0 Å². The van der Waals surface area contributed by atoms with Crippen LogP contribution in [0.25, 0.3) is 0 Å². The Morgan fingerprint density at radius 2 is 1.81 bits per heavy atom. The molecular weight excluding hydrogens is 430 g/mol. The summed E-state index contributed by atoms with van der Waals surface area (Å²) < 4.78 is 0. The first kappa shape index (κ1) is 21.3. The van der Waals surface area contributed by atoms with Crippen LogP contribution in [0.4, 0.5) is 17.1 Å². The van der Waals surface area contributed by atoms with Crippen LogP contribution in [-0.4, -0.2) is 31.7 Å². The Labute approximate surface area is 191 Å². The van der Waals surface area contributed by atoms with Gasteiger partial charge in [0.25, 0.3) is 5.91 Å². The van der Waals surface area contributed by atoms with E-state index in [0.29, 0.717) is 22.0 Å². The van der Waals surface area contributed by atoms with Crippen molar-refractivity contribution in [1.29, 1.82) is 0 Å². The minimum Gasteiger partial charge on any atom is -0.378 e. The fourth-order valence-electron chi connectivity index (χ4n) is 3.47. The number of carbonyl (C=O) groups is 2. The van der Waals surface area contributed by atoms with Gasteiger partial charge in [-0.25, -0.2) is 0 Å². The van der Waals surface area contributed by atoms with E-state index >= 15 is 0 Å². The molecule has 0 unspecified atom stereocenters. The van der Waals surface area contributed by atoms with Crippen LogP contribution in [0.2, 0.25) is 5.02 Å². The van der Waals surface area contributed by atoms with E-state index in [1.54, 1.807) is 36.0 Å². The standard InChI is InChI=1S/C24H22ClN3O2S/c1-27(2)18-10-12-19(13-11-18)28-22(29)15-31-24(28)16-6-5-7-17(14-16)26-23(30)20-8-3-4-9-21(20)25/h3-14,24H,15H2,1-2H3,(H,26,30)/t24-/m1/s1. The summed E-state index contributed by atoms with van der Waals surface area (Å²) >= 11 is 7.72. The fraction of sp³-hybridized carbons (Fsp3) is 0.167. The van der Waals surface area contributed by atoms with Crippen LogP contribution in [0, 0.1) is 0 Å². The van der Waals surface area contributed by atoms with Crippen molar-refractivity contribution in [3.63, 3.8) is 0 Å². The van der Waals surface area contributed by atoms with Gasteiger partial charge < -0.3 is 10.2 Å². The van der Waals surface area contributed by atoms with Gasteiger partial charge in [-0.05, 0) is 54.1 Å². The fourth-order valence-corrected chi connectivity index (χ4v) is 4.86. The van der Waals surface area contributed by atoms with Crippen molar-refractivity contribution < 1.29 is 9.59 Å². The van der Waals surface area contributed by atoms with E-state index in [9.17, 15) is 9.59 Å². The van der Waals surface area contributed by atoms with E-state index in [0.717, 1.165) is 16.9 Å². The predicted molar refractivity (Wildman–Crippen MR) is 129 cm³/mol. The normalized spacial score (nSPS) is 15.8. The maximum absolute atomic E-state index is 12.7. The van der Waals surface area contributed by atoms with Crippen molar-refractivity contribution in [3.8, 4) is 0 Å². The van der Waals surface area contributed by atoms with Gasteiger partial charge in [-0.3, -0.25) is 14.5 Å². The molecule has 31 heavy (non-hydrogen) atoms. The zero-order chi connectivity index (χ0) is 22.0. The molecule has 1 aliphatic heterocycles. The van der Waals surface area contributed by atoms with Crippen LogP contribution in [-0.2, 0) is 4.79 Å². The Morgan fingerprint density at radius 1 is 1.06 bits per heavy atom. The lowest BCUT2D eigenvalue weighted by molar-refractivity contribution is -0.115. The van der Waals surface area contributed by atoms with Crippen molar-refractivity contribution in [1.82, 2.24) is 0 Å². The van der Waals surface area contributed by atoms with E-state index in [1.165, 1.54) is 0 Å². The molecule has 158 valence electrons. The quantitative estimate of drug-likeness (QED) is 0.561.